The molecule has 0 fully saturated rings. The van der Waals surface area contributed by atoms with Crippen LogP contribution in [-0.4, -0.2) is 11.3 Å². The zero-order valence-corrected chi connectivity index (χ0v) is 11.9. The molecule has 0 aliphatic heterocycles. The molecule has 0 radical (unpaired) electrons. The highest BCUT2D eigenvalue weighted by Gasteiger charge is 2.01. The third kappa shape index (κ3) is 3.89. The van der Waals surface area contributed by atoms with Crippen molar-refractivity contribution in [2.75, 3.05) is 0 Å². The molecule has 1 aromatic rings. The second-order valence-corrected chi connectivity index (χ2v) is 4.99. The van der Waals surface area contributed by atoms with Gasteiger partial charge in [0.25, 0.3) is 0 Å². The van der Waals surface area contributed by atoms with Gasteiger partial charge in [0.15, 0.2) is 5.11 Å². The summed E-state index contributed by atoms with van der Waals surface area (Å²) in [5.74, 6) is 0. The number of nitrogens with two attached hydrogens (primary N) is 1. The first-order chi connectivity index (χ1) is 7.00. The number of benzene rings is 1. The molecule has 0 amide bonds. The smallest absolute Gasteiger partial charge is 0.184 e. The molecule has 0 atom stereocenters. The lowest BCUT2D eigenvalue weighted by Gasteiger charge is -2.03. The molecule has 0 unspecified atom stereocenters. The Balaban J connectivity index is 2.87. The Morgan fingerprint density at radius 3 is 2.47 bits per heavy atom. The van der Waals surface area contributed by atoms with Gasteiger partial charge < -0.3 is 5.73 Å². The van der Waals surface area contributed by atoms with Gasteiger partial charge in [0, 0.05) is 8.95 Å². The van der Waals surface area contributed by atoms with Crippen LogP contribution >= 0.6 is 44.1 Å². The summed E-state index contributed by atoms with van der Waals surface area (Å²) in [6, 6.07) is 3.93. The predicted molar refractivity (Wildman–Crippen MR) is 74.1 cm³/mol. The number of hydrazone groups is 1. The van der Waals surface area contributed by atoms with Crippen LogP contribution in [0.3, 0.4) is 0 Å². The average Bonchev–Trinajstić information content (AvgIpc) is 2.13. The van der Waals surface area contributed by atoms with Crippen LogP contribution in [-0.2, 0) is 0 Å². The number of hydrogen-bond donors (Lipinski definition) is 2. The molecule has 0 saturated carbocycles. The third-order valence-electron chi connectivity index (χ3n) is 1.69. The van der Waals surface area contributed by atoms with Gasteiger partial charge >= 0.3 is 0 Å². The van der Waals surface area contributed by atoms with Gasteiger partial charge in [-0.15, -0.1) is 0 Å². The summed E-state index contributed by atoms with van der Waals surface area (Å²) in [6.07, 6.45) is 1.65. The molecule has 3 nitrogen and oxygen atoms in total. The normalized spacial score (nSPS) is 10.6. The molecule has 0 aliphatic carbocycles. The Morgan fingerprint density at radius 2 is 2.00 bits per heavy atom. The maximum absolute atomic E-state index is 5.23. The minimum Gasteiger partial charge on any atom is -0.375 e. The summed E-state index contributed by atoms with van der Waals surface area (Å²) in [5, 5.41) is 4.02. The molecule has 0 aromatic heterocycles. The maximum Gasteiger partial charge on any atom is 0.184 e. The standard InChI is InChI=1S/C9H9Br2N3S/c1-5-7(10)2-6(3-8(5)11)4-13-14-9(12)15/h2-4H,1H3,(H3,12,14,15). The fraction of sp³-hybridized carbons (Fsp3) is 0.111. The number of rotatable bonds is 2. The summed E-state index contributed by atoms with van der Waals surface area (Å²) in [6.45, 7) is 2.02. The fourth-order valence-electron chi connectivity index (χ4n) is 0.910. The van der Waals surface area contributed by atoms with Crippen molar-refractivity contribution in [1.82, 2.24) is 5.43 Å². The summed E-state index contributed by atoms with van der Waals surface area (Å²) in [5.41, 5.74) is 9.82. The molecular formula is C9H9Br2N3S. The molecule has 0 spiro atoms. The molecule has 0 heterocycles. The number of thiocarbonyl (C=S) groups is 1. The molecule has 1 rings (SSSR count). The zero-order valence-electron chi connectivity index (χ0n) is 7.92. The highest BCUT2D eigenvalue weighted by molar-refractivity contribution is 9.11. The van der Waals surface area contributed by atoms with Gasteiger partial charge in [-0.05, 0) is 42.4 Å². The van der Waals surface area contributed by atoms with Crippen LogP contribution < -0.4 is 11.2 Å². The van der Waals surface area contributed by atoms with E-state index in [2.05, 4.69) is 54.6 Å². The van der Waals surface area contributed by atoms with Gasteiger partial charge in [-0.1, -0.05) is 31.9 Å². The van der Waals surface area contributed by atoms with Crippen LogP contribution in [0.2, 0.25) is 0 Å². The SMILES string of the molecule is Cc1c(Br)cc(C=NNC(N)=S)cc1Br. The average molecular weight is 351 g/mol. The van der Waals surface area contributed by atoms with E-state index >= 15 is 0 Å². The van der Waals surface area contributed by atoms with E-state index in [9.17, 15) is 0 Å². The lowest BCUT2D eigenvalue weighted by molar-refractivity contribution is 1.04. The van der Waals surface area contributed by atoms with Crippen LogP contribution in [0.25, 0.3) is 0 Å². The van der Waals surface area contributed by atoms with E-state index in [4.69, 9.17) is 5.73 Å². The highest BCUT2D eigenvalue weighted by atomic mass is 79.9. The number of hydrogen-bond acceptors (Lipinski definition) is 2. The Morgan fingerprint density at radius 1 is 1.47 bits per heavy atom. The van der Waals surface area contributed by atoms with Crippen molar-refractivity contribution in [1.29, 1.82) is 0 Å². The largest absolute Gasteiger partial charge is 0.375 e. The van der Waals surface area contributed by atoms with Gasteiger partial charge in [-0.25, -0.2) is 0 Å². The van der Waals surface area contributed by atoms with Gasteiger partial charge in [0.05, 0.1) is 6.21 Å². The van der Waals surface area contributed by atoms with Crippen molar-refractivity contribution in [2.24, 2.45) is 10.8 Å². The van der Waals surface area contributed by atoms with Crippen molar-refractivity contribution in [3.8, 4) is 0 Å². The molecule has 3 N–H and O–H groups in total. The van der Waals surface area contributed by atoms with Crippen molar-refractivity contribution in [3.05, 3.63) is 32.2 Å². The van der Waals surface area contributed by atoms with E-state index in [0.717, 1.165) is 20.1 Å². The molecule has 0 aliphatic rings. The van der Waals surface area contributed by atoms with E-state index in [1.165, 1.54) is 0 Å². The first-order valence-electron chi connectivity index (χ1n) is 4.05. The molecule has 15 heavy (non-hydrogen) atoms. The lowest BCUT2D eigenvalue weighted by atomic mass is 10.2. The monoisotopic (exact) mass is 349 g/mol. The van der Waals surface area contributed by atoms with Gasteiger partial charge in [0.2, 0.25) is 0 Å². The van der Waals surface area contributed by atoms with Crippen LogP contribution in [0.5, 0.6) is 0 Å². The Hall–Kier alpha value is -0.460. The van der Waals surface area contributed by atoms with E-state index in [1.807, 2.05) is 19.1 Å². The molecule has 80 valence electrons. The second kappa shape index (κ2) is 5.58. The molecule has 6 heteroatoms. The lowest BCUT2D eigenvalue weighted by Crippen LogP contribution is -2.23. The van der Waals surface area contributed by atoms with Crippen molar-refractivity contribution in [2.45, 2.75) is 6.92 Å². The molecule has 0 bridgehead atoms. The topological polar surface area (TPSA) is 50.4 Å². The molecular weight excluding hydrogens is 342 g/mol. The van der Waals surface area contributed by atoms with Gasteiger partial charge in [-0.2, -0.15) is 5.10 Å². The van der Waals surface area contributed by atoms with Gasteiger partial charge in [-0.3, -0.25) is 5.43 Å². The minimum atomic E-state index is 0.150. The fourth-order valence-corrected chi connectivity index (χ4v) is 2.18. The first kappa shape index (κ1) is 12.6. The van der Waals surface area contributed by atoms with Crippen molar-refractivity contribution >= 4 is 55.4 Å². The highest BCUT2D eigenvalue weighted by Crippen LogP contribution is 2.25. The number of nitrogens with zero attached hydrogens (tertiary/aromatic N) is 1. The van der Waals surface area contributed by atoms with E-state index in [-0.39, 0.29) is 5.11 Å². The second-order valence-electron chi connectivity index (χ2n) is 2.84. The van der Waals surface area contributed by atoms with Crippen LogP contribution in [0.15, 0.2) is 26.2 Å². The first-order valence-corrected chi connectivity index (χ1v) is 6.04. The predicted octanol–water partition coefficient (Wildman–Crippen LogP) is 2.69. The number of halogens is 2. The Labute approximate surface area is 110 Å². The number of nitrogens with one attached hydrogen (secondary N) is 1. The summed E-state index contributed by atoms with van der Waals surface area (Å²) in [7, 11) is 0. The third-order valence-corrected chi connectivity index (χ3v) is 3.43. The molecule has 0 saturated heterocycles. The van der Waals surface area contributed by atoms with Gasteiger partial charge in [0.1, 0.15) is 0 Å². The van der Waals surface area contributed by atoms with E-state index in [1.54, 1.807) is 6.21 Å². The Kier molecular flexibility index (Phi) is 4.69. The maximum atomic E-state index is 5.23. The minimum absolute atomic E-state index is 0.150. The molecule has 1 aromatic carbocycles. The van der Waals surface area contributed by atoms with Crippen LogP contribution in [0.1, 0.15) is 11.1 Å². The Bertz CT molecular complexity index is 395. The van der Waals surface area contributed by atoms with Crippen molar-refractivity contribution < 1.29 is 0 Å². The van der Waals surface area contributed by atoms with Crippen molar-refractivity contribution in [3.63, 3.8) is 0 Å². The summed E-state index contributed by atoms with van der Waals surface area (Å²) >= 11 is 11.5. The quantitative estimate of drug-likeness (QED) is 0.490. The van der Waals surface area contributed by atoms with Crippen LogP contribution in [0.4, 0.5) is 0 Å². The van der Waals surface area contributed by atoms with E-state index in [0.29, 0.717) is 0 Å². The summed E-state index contributed by atoms with van der Waals surface area (Å²) in [4.78, 5) is 0. The zero-order chi connectivity index (χ0) is 11.4. The van der Waals surface area contributed by atoms with Crippen LogP contribution in [0, 0.1) is 6.92 Å². The van der Waals surface area contributed by atoms with E-state index < -0.39 is 0 Å². The summed E-state index contributed by atoms with van der Waals surface area (Å²) < 4.78 is 2.04.